The fraction of sp³-hybridized carbons (Fsp3) is 0.882. The van der Waals surface area contributed by atoms with Crippen molar-refractivity contribution < 1.29 is 19.1 Å². The van der Waals surface area contributed by atoms with Crippen LogP contribution in [0, 0.1) is 17.3 Å². The number of amides is 1. The van der Waals surface area contributed by atoms with Crippen LogP contribution in [0.4, 0.5) is 0 Å². The zero-order valence-corrected chi connectivity index (χ0v) is 14.3. The molecule has 2 rings (SSSR count). The van der Waals surface area contributed by atoms with Gasteiger partial charge in [-0.15, -0.1) is 0 Å². The van der Waals surface area contributed by atoms with E-state index in [9.17, 15) is 9.59 Å². The number of esters is 1. The van der Waals surface area contributed by atoms with Gasteiger partial charge in [0.05, 0.1) is 26.1 Å². The Labute approximate surface area is 133 Å². The number of ether oxygens (including phenoxy) is 2. The van der Waals surface area contributed by atoms with Crippen LogP contribution in [0.25, 0.3) is 0 Å². The molecular formula is C17H29NO4. The Morgan fingerprint density at radius 2 is 2.05 bits per heavy atom. The maximum absolute atomic E-state index is 13.1. The van der Waals surface area contributed by atoms with Gasteiger partial charge in [0.2, 0.25) is 5.91 Å². The molecule has 22 heavy (non-hydrogen) atoms. The van der Waals surface area contributed by atoms with Gasteiger partial charge in [0.15, 0.2) is 0 Å². The molecule has 0 aromatic heterocycles. The number of rotatable bonds is 4. The molecule has 126 valence electrons. The highest BCUT2D eigenvalue weighted by Crippen LogP contribution is 2.36. The van der Waals surface area contributed by atoms with Crippen molar-refractivity contribution in [2.75, 3.05) is 26.9 Å². The van der Waals surface area contributed by atoms with Crippen LogP contribution in [-0.4, -0.2) is 49.7 Å². The van der Waals surface area contributed by atoms with E-state index in [1.54, 1.807) is 0 Å². The molecule has 0 aliphatic carbocycles. The van der Waals surface area contributed by atoms with Crippen molar-refractivity contribution in [3.05, 3.63) is 0 Å². The van der Waals surface area contributed by atoms with Crippen molar-refractivity contribution in [3.63, 3.8) is 0 Å². The van der Waals surface area contributed by atoms with E-state index in [4.69, 9.17) is 9.47 Å². The monoisotopic (exact) mass is 311 g/mol. The van der Waals surface area contributed by atoms with Crippen LogP contribution >= 0.6 is 0 Å². The van der Waals surface area contributed by atoms with Gasteiger partial charge < -0.3 is 14.4 Å². The number of carbonyl (C=O) groups is 2. The number of carbonyl (C=O) groups excluding carboxylic acids is 2. The molecule has 0 aromatic rings. The lowest BCUT2D eigenvalue weighted by atomic mass is 9.83. The Balaban J connectivity index is 2.15. The quantitative estimate of drug-likeness (QED) is 0.747. The molecule has 0 N–H and O–H groups in total. The van der Waals surface area contributed by atoms with Crippen LogP contribution in [-0.2, 0) is 19.1 Å². The molecule has 5 nitrogen and oxygen atoms in total. The predicted molar refractivity (Wildman–Crippen MR) is 83.2 cm³/mol. The van der Waals surface area contributed by atoms with Gasteiger partial charge in [-0.1, -0.05) is 20.8 Å². The summed E-state index contributed by atoms with van der Waals surface area (Å²) < 4.78 is 10.2. The number of methoxy groups -OCH3 is 1. The van der Waals surface area contributed by atoms with Gasteiger partial charge in [0, 0.05) is 19.2 Å². The molecule has 5 heteroatoms. The van der Waals surface area contributed by atoms with Crippen LogP contribution in [0.3, 0.4) is 0 Å². The molecule has 0 aromatic carbocycles. The van der Waals surface area contributed by atoms with Gasteiger partial charge in [-0.2, -0.15) is 0 Å². The van der Waals surface area contributed by atoms with Gasteiger partial charge in [0.1, 0.15) is 0 Å². The highest BCUT2D eigenvalue weighted by atomic mass is 16.5. The second-order valence-electron chi connectivity index (χ2n) is 7.57. The summed E-state index contributed by atoms with van der Waals surface area (Å²) in [6, 6.07) is 0.252. The molecule has 0 spiro atoms. The SMILES string of the molecule is COC(=O)CC(C(=O)N1CCCC1C(C)(C)C)C1CCOC1. The largest absolute Gasteiger partial charge is 0.469 e. The summed E-state index contributed by atoms with van der Waals surface area (Å²) in [7, 11) is 1.38. The first-order valence-corrected chi connectivity index (χ1v) is 8.29. The summed E-state index contributed by atoms with van der Waals surface area (Å²) in [5.41, 5.74) is 0.0636. The fourth-order valence-electron chi connectivity index (χ4n) is 3.73. The minimum absolute atomic E-state index is 0.0636. The Morgan fingerprint density at radius 1 is 1.32 bits per heavy atom. The summed E-state index contributed by atoms with van der Waals surface area (Å²) >= 11 is 0. The molecule has 2 aliphatic heterocycles. The molecular weight excluding hydrogens is 282 g/mol. The van der Waals surface area contributed by atoms with Crippen LogP contribution in [0.1, 0.15) is 46.5 Å². The van der Waals surface area contributed by atoms with E-state index in [0.29, 0.717) is 13.2 Å². The van der Waals surface area contributed by atoms with Crippen molar-refractivity contribution in [2.24, 2.45) is 17.3 Å². The molecule has 0 radical (unpaired) electrons. The molecule has 2 heterocycles. The lowest BCUT2D eigenvalue weighted by Gasteiger charge is -2.37. The van der Waals surface area contributed by atoms with E-state index in [1.165, 1.54) is 7.11 Å². The normalized spacial score (nSPS) is 27.0. The smallest absolute Gasteiger partial charge is 0.306 e. The molecule has 0 saturated carbocycles. The van der Waals surface area contributed by atoms with Gasteiger partial charge in [-0.25, -0.2) is 0 Å². The highest BCUT2D eigenvalue weighted by Gasteiger charge is 2.42. The Bertz CT molecular complexity index is 409. The van der Waals surface area contributed by atoms with Gasteiger partial charge in [0.25, 0.3) is 0 Å². The maximum atomic E-state index is 13.1. The first kappa shape index (κ1) is 17.3. The van der Waals surface area contributed by atoms with E-state index in [0.717, 1.165) is 25.8 Å². The van der Waals surface area contributed by atoms with E-state index in [1.807, 2.05) is 4.90 Å². The third kappa shape index (κ3) is 3.80. The van der Waals surface area contributed by atoms with Crippen molar-refractivity contribution in [2.45, 2.75) is 52.5 Å². The molecule has 3 atom stereocenters. The highest BCUT2D eigenvalue weighted by molar-refractivity contribution is 5.84. The van der Waals surface area contributed by atoms with Crippen LogP contribution in [0.15, 0.2) is 0 Å². The molecule has 0 bridgehead atoms. The van der Waals surface area contributed by atoms with E-state index >= 15 is 0 Å². The van der Waals surface area contributed by atoms with Crippen molar-refractivity contribution in [3.8, 4) is 0 Å². The van der Waals surface area contributed by atoms with Crippen LogP contribution in [0.2, 0.25) is 0 Å². The third-order valence-electron chi connectivity index (χ3n) is 5.00. The van der Waals surface area contributed by atoms with Gasteiger partial charge >= 0.3 is 5.97 Å². The molecule has 2 aliphatic rings. The lowest BCUT2D eigenvalue weighted by molar-refractivity contribution is -0.149. The predicted octanol–water partition coefficient (Wildman–Crippen LogP) is 2.24. The summed E-state index contributed by atoms with van der Waals surface area (Å²) in [6.07, 6.45) is 3.10. The average molecular weight is 311 g/mol. The van der Waals surface area contributed by atoms with Gasteiger partial charge in [-0.3, -0.25) is 9.59 Å². The van der Waals surface area contributed by atoms with E-state index in [2.05, 4.69) is 20.8 Å². The zero-order valence-electron chi connectivity index (χ0n) is 14.3. The summed E-state index contributed by atoms with van der Waals surface area (Å²) in [5.74, 6) is -0.374. The van der Waals surface area contributed by atoms with Crippen molar-refractivity contribution >= 4 is 11.9 Å². The van der Waals surface area contributed by atoms with Crippen LogP contribution in [0.5, 0.6) is 0 Å². The van der Waals surface area contributed by atoms with E-state index in [-0.39, 0.29) is 41.6 Å². The minimum Gasteiger partial charge on any atom is -0.469 e. The lowest BCUT2D eigenvalue weighted by Crippen LogP contribution is -2.47. The molecule has 2 fully saturated rings. The second-order valence-corrected chi connectivity index (χ2v) is 7.57. The molecule has 1 amide bonds. The number of nitrogens with zero attached hydrogens (tertiary/aromatic N) is 1. The summed E-state index contributed by atoms with van der Waals surface area (Å²) in [5, 5.41) is 0. The van der Waals surface area contributed by atoms with Gasteiger partial charge in [-0.05, 0) is 30.6 Å². The Kier molecular flexibility index (Phi) is 5.48. The van der Waals surface area contributed by atoms with Crippen molar-refractivity contribution in [1.29, 1.82) is 0 Å². The number of hydrogen-bond acceptors (Lipinski definition) is 4. The first-order valence-electron chi connectivity index (χ1n) is 8.29. The first-order chi connectivity index (χ1) is 10.3. The third-order valence-corrected chi connectivity index (χ3v) is 5.00. The summed E-state index contributed by atoms with van der Waals surface area (Å²) in [4.78, 5) is 26.9. The number of likely N-dealkylation sites (tertiary alicyclic amines) is 1. The van der Waals surface area contributed by atoms with Crippen molar-refractivity contribution in [1.82, 2.24) is 4.90 Å². The summed E-state index contributed by atoms with van der Waals surface area (Å²) in [6.45, 7) is 8.58. The zero-order chi connectivity index (χ0) is 16.3. The second kappa shape index (κ2) is 6.99. The average Bonchev–Trinajstić information content (AvgIpc) is 3.13. The Morgan fingerprint density at radius 3 is 2.59 bits per heavy atom. The number of hydrogen-bond donors (Lipinski definition) is 0. The minimum atomic E-state index is -0.309. The molecule has 2 saturated heterocycles. The standard InChI is InChI=1S/C17H29NO4/c1-17(2,3)14-6-5-8-18(14)16(20)13(10-15(19)21-4)12-7-9-22-11-12/h12-14H,5-11H2,1-4H3. The topological polar surface area (TPSA) is 55.8 Å². The molecule has 3 unspecified atom stereocenters. The maximum Gasteiger partial charge on any atom is 0.306 e. The Hall–Kier alpha value is -1.10. The van der Waals surface area contributed by atoms with Crippen LogP contribution < -0.4 is 0 Å². The fourth-order valence-corrected chi connectivity index (χ4v) is 3.73. The van der Waals surface area contributed by atoms with E-state index < -0.39 is 0 Å².